The summed E-state index contributed by atoms with van der Waals surface area (Å²) in [6.07, 6.45) is 6.46. The van der Waals surface area contributed by atoms with Crippen molar-refractivity contribution in [2.45, 2.75) is 50.3 Å². The van der Waals surface area contributed by atoms with E-state index in [1.54, 1.807) is 19.1 Å². The maximum atomic E-state index is 12.3. The van der Waals surface area contributed by atoms with Crippen molar-refractivity contribution in [1.29, 1.82) is 0 Å². The third-order valence-corrected chi connectivity index (χ3v) is 6.46. The Labute approximate surface area is 149 Å². The first kappa shape index (κ1) is 19.2. The Morgan fingerprint density at radius 3 is 2.62 bits per heavy atom. The average Bonchev–Trinajstić information content (AvgIpc) is 2.55. The lowest BCUT2D eigenvalue weighted by Gasteiger charge is -2.20. The molecule has 1 fully saturated rings. The van der Waals surface area contributed by atoms with Gasteiger partial charge in [-0.1, -0.05) is 36.9 Å². The van der Waals surface area contributed by atoms with Gasteiger partial charge in [0.05, 0.1) is 4.90 Å². The molecule has 0 unspecified atom stereocenters. The van der Waals surface area contributed by atoms with Crippen molar-refractivity contribution in [1.82, 2.24) is 10.0 Å². The zero-order valence-electron chi connectivity index (χ0n) is 14.0. The number of benzene rings is 1. The van der Waals surface area contributed by atoms with Crippen molar-refractivity contribution in [3.05, 3.63) is 28.8 Å². The zero-order chi connectivity index (χ0) is 17.6. The van der Waals surface area contributed by atoms with E-state index < -0.39 is 10.0 Å². The Hall–Kier alpha value is -1.11. The van der Waals surface area contributed by atoms with Gasteiger partial charge in [-0.3, -0.25) is 4.79 Å². The second kappa shape index (κ2) is 8.83. The predicted octanol–water partition coefficient (Wildman–Crippen LogP) is 3.01. The fraction of sp³-hybridized carbons (Fsp3) is 0.588. The summed E-state index contributed by atoms with van der Waals surface area (Å²) >= 11 is 5.97. The van der Waals surface area contributed by atoms with Gasteiger partial charge in [0, 0.05) is 24.5 Å². The van der Waals surface area contributed by atoms with Crippen molar-refractivity contribution >= 4 is 27.5 Å². The van der Waals surface area contributed by atoms with Crippen LogP contribution in [0.15, 0.2) is 23.1 Å². The summed E-state index contributed by atoms with van der Waals surface area (Å²) in [4.78, 5) is 12.1. The van der Waals surface area contributed by atoms with E-state index in [9.17, 15) is 13.2 Å². The molecule has 0 heterocycles. The number of amides is 1. The lowest BCUT2D eigenvalue weighted by molar-refractivity contribution is -0.122. The van der Waals surface area contributed by atoms with Crippen molar-refractivity contribution in [3.8, 4) is 0 Å². The molecule has 0 aromatic heterocycles. The number of sulfonamides is 1. The van der Waals surface area contributed by atoms with Crippen LogP contribution >= 0.6 is 11.6 Å². The summed E-state index contributed by atoms with van der Waals surface area (Å²) in [7, 11) is -3.62. The molecule has 1 aromatic carbocycles. The Balaban J connectivity index is 1.76. The van der Waals surface area contributed by atoms with Gasteiger partial charge in [0.25, 0.3) is 0 Å². The fourth-order valence-corrected chi connectivity index (χ4v) is 4.60. The van der Waals surface area contributed by atoms with Gasteiger partial charge in [-0.15, -0.1) is 0 Å². The van der Waals surface area contributed by atoms with Gasteiger partial charge >= 0.3 is 0 Å². The molecule has 0 radical (unpaired) electrons. The lowest BCUT2D eigenvalue weighted by Crippen LogP contribution is -2.35. The highest BCUT2D eigenvalue weighted by Gasteiger charge is 2.19. The molecule has 0 aliphatic heterocycles. The number of hydrogen-bond donors (Lipinski definition) is 2. The first-order chi connectivity index (χ1) is 11.4. The maximum absolute atomic E-state index is 12.3. The molecule has 1 aromatic rings. The van der Waals surface area contributed by atoms with Gasteiger partial charge in [-0.2, -0.15) is 0 Å². The van der Waals surface area contributed by atoms with Crippen molar-refractivity contribution in [2.24, 2.45) is 5.92 Å². The van der Waals surface area contributed by atoms with E-state index in [2.05, 4.69) is 10.0 Å². The smallest absolute Gasteiger partial charge is 0.240 e. The predicted molar refractivity (Wildman–Crippen MR) is 95.6 cm³/mol. The summed E-state index contributed by atoms with van der Waals surface area (Å²) in [6.45, 7) is 2.11. The highest BCUT2D eigenvalue weighted by atomic mass is 35.5. The van der Waals surface area contributed by atoms with Gasteiger partial charge < -0.3 is 5.32 Å². The van der Waals surface area contributed by atoms with E-state index >= 15 is 0 Å². The van der Waals surface area contributed by atoms with Gasteiger partial charge in [-0.05, 0) is 43.4 Å². The van der Waals surface area contributed by atoms with E-state index in [0.29, 0.717) is 22.9 Å². The Kier molecular flexibility index (Phi) is 7.07. The highest BCUT2D eigenvalue weighted by molar-refractivity contribution is 7.89. The lowest BCUT2D eigenvalue weighted by atomic mass is 9.87. The normalized spacial score (nSPS) is 16.1. The topological polar surface area (TPSA) is 75.3 Å². The molecule has 1 amide bonds. The summed E-state index contributed by atoms with van der Waals surface area (Å²) < 4.78 is 27.1. The maximum Gasteiger partial charge on any atom is 0.240 e. The van der Waals surface area contributed by atoms with Crippen molar-refractivity contribution < 1.29 is 13.2 Å². The fourth-order valence-electron chi connectivity index (χ4n) is 3.07. The van der Waals surface area contributed by atoms with Crippen molar-refractivity contribution in [3.63, 3.8) is 0 Å². The first-order valence-electron chi connectivity index (χ1n) is 8.41. The van der Waals surface area contributed by atoms with E-state index in [-0.39, 0.29) is 23.9 Å². The summed E-state index contributed by atoms with van der Waals surface area (Å²) in [5.41, 5.74) is 0.521. The number of nitrogens with one attached hydrogen (secondary N) is 2. The minimum Gasteiger partial charge on any atom is -0.355 e. The van der Waals surface area contributed by atoms with E-state index in [1.807, 2.05) is 0 Å². The van der Waals surface area contributed by atoms with Gasteiger partial charge in [0.2, 0.25) is 15.9 Å². The number of halogens is 1. The molecule has 7 heteroatoms. The third kappa shape index (κ3) is 5.46. The summed E-state index contributed by atoms with van der Waals surface area (Å²) in [5.74, 6) is 0.476. The summed E-state index contributed by atoms with van der Waals surface area (Å²) in [5, 5.41) is 3.20. The molecule has 1 saturated carbocycles. The van der Waals surface area contributed by atoms with Crippen molar-refractivity contribution in [2.75, 3.05) is 13.1 Å². The molecular formula is C17H25ClN2O3S. The number of carbonyl (C=O) groups excluding carboxylic acids is 1. The zero-order valence-corrected chi connectivity index (χ0v) is 15.5. The molecule has 0 atom stereocenters. The Morgan fingerprint density at radius 2 is 1.92 bits per heavy atom. The third-order valence-electron chi connectivity index (χ3n) is 4.45. The van der Waals surface area contributed by atoms with Crippen LogP contribution in [-0.2, 0) is 14.8 Å². The standard InChI is InChI=1S/C17H25ClN2O3S/c1-13-15(18)8-5-9-16(13)24(22,23)20-11-10-19-17(21)12-14-6-3-2-4-7-14/h5,8-9,14,20H,2-4,6-7,10-12H2,1H3,(H,19,21). The van der Waals surface area contributed by atoms with Crippen LogP contribution in [0.5, 0.6) is 0 Å². The monoisotopic (exact) mass is 372 g/mol. The van der Waals surface area contributed by atoms with Crippen LogP contribution in [-0.4, -0.2) is 27.4 Å². The second-order valence-corrected chi connectivity index (χ2v) is 8.46. The molecule has 2 N–H and O–H groups in total. The van der Waals surface area contributed by atoms with Gasteiger partial charge in [0.1, 0.15) is 0 Å². The minimum absolute atomic E-state index is 0.0000315. The largest absolute Gasteiger partial charge is 0.355 e. The molecule has 134 valence electrons. The van der Waals surface area contributed by atoms with Crippen LogP contribution in [0.4, 0.5) is 0 Å². The first-order valence-corrected chi connectivity index (χ1v) is 10.3. The molecule has 2 rings (SSSR count). The minimum atomic E-state index is -3.62. The molecule has 0 saturated heterocycles. The van der Waals surface area contributed by atoms with E-state index in [1.165, 1.54) is 25.3 Å². The highest BCUT2D eigenvalue weighted by Crippen LogP contribution is 2.26. The molecule has 5 nitrogen and oxygen atoms in total. The SMILES string of the molecule is Cc1c(Cl)cccc1S(=O)(=O)NCCNC(=O)CC1CCCCC1. The van der Waals surface area contributed by atoms with E-state index in [4.69, 9.17) is 11.6 Å². The quantitative estimate of drug-likeness (QED) is 0.722. The second-order valence-electron chi connectivity index (χ2n) is 6.32. The number of carbonyl (C=O) groups is 1. The van der Waals surface area contributed by atoms with Crippen LogP contribution in [0, 0.1) is 12.8 Å². The van der Waals surface area contributed by atoms with E-state index in [0.717, 1.165) is 12.8 Å². The number of hydrogen-bond acceptors (Lipinski definition) is 3. The summed E-state index contributed by atoms with van der Waals surface area (Å²) in [6, 6.07) is 4.78. The molecule has 1 aliphatic carbocycles. The van der Waals surface area contributed by atoms with Gasteiger partial charge in [-0.25, -0.2) is 13.1 Å². The average molecular weight is 373 g/mol. The number of rotatable bonds is 7. The molecule has 24 heavy (non-hydrogen) atoms. The van der Waals surface area contributed by atoms with Crippen LogP contribution in [0.1, 0.15) is 44.1 Å². The molecule has 0 spiro atoms. The van der Waals surface area contributed by atoms with Crippen LogP contribution < -0.4 is 10.0 Å². The molecule has 1 aliphatic rings. The molecule has 0 bridgehead atoms. The Bertz CT molecular complexity index is 670. The Morgan fingerprint density at radius 1 is 1.21 bits per heavy atom. The van der Waals surface area contributed by atoms with Crippen LogP contribution in [0.2, 0.25) is 5.02 Å². The van der Waals surface area contributed by atoms with Crippen LogP contribution in [0.3, 0.4) is 0 Å². The molecular weight excluding hydrogens is 348 g/mol. The van der Waals surface area contributed by atoms with Crippen LogP contribution in [0.25, 0.3) is 0 Å². The van der Waals surface area contributed by atoms with Gasteiger partial charge in [0.15, 0.2) is 0 Å².